The van der Waals surface area contributed by atoms with Crippen molar-refractivity contribution in [2.45, 2.75) is 63.1 Å². The molecule has 0 aromatic rings. The van der Waals surface area contributed by atoms with Crippen LogP contribution in [0.1, 0.15) is 39.0 Å². The number of ether oxygens (including phenoxy) is 3. The Morgan fingerprint density at radius 2 is 1.55 bits per heavy atom. The molecule has 2 atom stereocenters. The van der Waals surface area contributed by atoms with Gasteiger partial charge in [0.05, 0.1) is 12.7 Å². The molecule has 0 aromatic carbocycles. The molecule has 4 fully saturated rings. The van der Waals surface area contributed by atoms with E-state index in [0.29, 0.717) is 24.3 Å². The lowest BCUT2D eigenvalue weighted by molar-refractivity contribution is -0.282. The molecule has 4 aliphatic rings. The van der Waals surface area contributed by atoms with Crippen molar-refractivity contribution in [2.24, 2.45) is 23.7 Å². The van der Waals surface area contributed by atoms with Crippen molar-refractivity contribution in [2.75, 3.05) is 13.2 Å². The van der Waals surface area contributed by atoms with Crippen molar-refractivity contribution in [3.63, 3.8) is 0 Å². The molecule has 176 valence electrons. The fraction of sp³-hybridized carbons (Fsp3) is 0.800. The molecular weight excluding hydrogens is 434 g/mol. The number of hydrogen-bond acceptors (Lipinski definition) is 5. The van der Waals surface area contributed by atoms with E-state index in [1.165, 1.54) is 0 Å². The second-order valence-electron chi connectivity index (χ2n) is 8.84. The summed E-state index contributed by atoms with van der Waals surface area (Å²) < 4.78 is 90.9. The summed E-state index contributed by atoms with van der Waals surface area (Å²) in [4.78, 5) is 23.4. The number of esters is 2. The Morgan fingerprint density at radius 1 is 1.00 bits per heavy atom. The third-order valence-electron chi connectivity index (χ3n) is 6.32. The highest BCUT2D eigenvalue weighted by Crippen LogP contribution is 2.58. The SMILES string of the molecule is C=C(C)C(=O)OC12CC3CC(C1)C(OCCOC(=O)C(C(F)(F)F)C(F)(F)F)C(C3)C2. The molecule has 4 rings (SSSR count). The Kier molecular flexibility index (Phi) is 6.38. The van der Waals surface area contributed by atoms with E-state index in [9.17, 15) is 35.9 Å². The Bertz CT molecular complexity index is 701. The zero-order valence-corrected chi connectivity index (χ0v) is 16.9. The number of carbonyl (C=O) groups is 2. The minimum Gasteiger partial charge on any atom is -0.463 e. The Hall–Kier alpha value is -1.78. The Morgan fingerprint density at radius 3 is 2.03 bits per heavy atom. The molecule has 2 unspecified atom stereocenters. The van der Waals surface area contributed by atoms with Crippen LogP contribution in [0.2, 0.25) is 0 Å². The van der Waals surface area contributed by atoms with Crippen LogP contribution in [0.3, 0.4) is 0 Å². The van der Waals surface area contributed by atoms with Gasteiger partial charge in [0, 0.05) is 5.57 Å². The monoisotopic (exact) mass is 458 g/mol. The molecule has 4 aliphatic carbocycles. The highest BCUT2D eigenvalue weighted by atomic mass is 19.4. The van der Waals surface area contributed by atoms with Gasteiger partial charge in [-0.15, -0.1) is 0 Å². The lowest BCUT2D eigenvalue weighted by Gasteiger charge is -2.58. The van der Waals surface area contributed by atoms with Crippen LogP contribution in [0.25, 0.3) is 0 Å². The van der Waals surface area contributed by atoms with Crippen LogP contribution in [0.5, 0.6) is 0 Å². The maximum Gasteiger partial charge on any atom is 0.411 e. The van der Waals surface area contributed by atoms with Crippen molar-refractivity contribution < 1.29 is 50.1 Å². The van der Waals surface area contributed by atoms with E-state index in [1.54, 1.807) is 6.92 Å². The van der Waals surface area contributed by atoms with Crippen molar-refractivity contribution in [1.29, 1.82) is 0 Å². The van der Waals surface area contributed by atoms with E-state index in [-0.39, 0.29) is 24.5 Å². The Labute approximate surface area is 175 Å². The predicted octanol–water partition coefficient (Wildman–Crippen LogP) is 4.35. The quantitative estimate of drug-likeness (QED) is 0.246. The van der Waals surface area contributed by atoms with Gasteiger partial charge in [0.15, 0.2) is 0 Å². The summed E-state index contributed by atoms with van der Waals surface area (Å²) in [6, 6.07) is 0. The largest absolute Gasteiger partial charge is 0.463 e. The van der Waals surface area contributed by atoms with Crippen LogP contribution in [0.4, 0.5) is 26.3 Å². The molecule has 0 heterocycles. The van der Waals surface area contributed by atoms with Gasteiger partial charge in [-0.25, -0.2) is 4.79 Å². The van der Waals surface area contributed by atoms with Gasteiger partial charge in [0.2, 0.25) is 5.92 Å². The van der Waals surface area contributed by atoms with Gasteiger partial charge in [-0.3, -0.25) is 4.79 Å². The number of rotatable bonds is 7. The summed E-state index contributed by atoms with van der Waals surface area (Å²) in [6.07, 6.45) is -8.23. The summed E-state index contributed by atoms with van der Waals surface area (Å²) in [6.45, 7) is 4.14. The number of carbonyl (C=O) groups excluding carboxylic acids is 2. The molecule has 5 nitrogen and oxygen atoms in total. The van der Waals surface area contributed by atoms with Crippen LogP contribution in [0.15, 0.2) is 12.2 Å². The van der Waals surface area contributed by atoms with E-state index in [1.807, 2.05) is 0 Å². The van der Waals surface area contributed by atoms with Gasteiger partial charge in [-0.05, 0) is 56.8 Å². The minimum absolute atomic E-state index is 0.0537. The van der Waals surface area contributed by atoms with E-state index in [4.69, 9.17) is 9.47 Å². The van der Waals surface area contributed by atoms with Crippen molar-refractivity contribution in [3.8, 4) is 0 Å². The lowest BCUT2D eigenvalue weighted by Crippen LogP contribution is -2.59. The summed E-state index contributed by atoms with van der Waals surface area (Å²) in [5, 5.41) is 0. The Balaban J connectivity index is 1.52. The molecule has 4 bridgehead atoms. The standard InChI is InChI=1S/C20H24F6O5/c1-10(2)16(27)31-18-7-11-5-12(8-18)14(13(6-11)9-18)29-3-4-30-17(28)15(19(21,22)23)20(24,25)26/h11-15H,1,3-9H2,2H3. The second-order valence-corrected chi connectivity index (χ2v) is 8.84. The fourth-order valence-corrected chi connectivity index (χ4v) is 5.45. The summed E-state index contributed by atoms with van der Waals surface area (Å²) >= 11 is 0. The number of alkyl halides is 6. The third kappa shape index (κ3) is 5.18. The summed E-state index contributed by atoms with van der Waals surface area (Å²) in [7, 11) is 0. The third-order valence-corrected chi connectivity index (χ3v) is 6.32. The first-order valence-electron chi connectivity index (χ1n) is 10.0. The van der Waals surface area contributed by atoms with Gasteiger partial charge in [-0.1, -0.05) is 6.58 Å². The van der Waals surface area contributed by atoms with E-state index < -0.39 is 42.4 Å². The average molecular weight is 458 g/mol. The van der Waals surface area contributed by atoms with Crippen LogP contribution >= 0.6 is 0 Å². The first kappa shape index (κ1) is 23.9. The van der Waals surface area contributed by atoms with Gasteiger partial charge >= 0.3 is 24.3 Å². The van der Waals surface area contributed by atoms with Crippen LogP contribution < -0.4 is 0 Å². The zero-order chi connectivity index (χ0) is 23.2. The van der Waals surface area contributed by atoms with Crippen LogP contribution in [-0.4, -0.2) is 49.2 Å². The fourth-order valence-electron chi connectivity index (χ4n) is 5.45. The highest BCUT2D eigenvalue weighted by molar-refractivity contribution is 5.87. The molecule has 0 amide bonds. The number of halogens is 6. The van der Waals surface area contributed by atoms with E-state index in [2.05, 4.69) is 11.3 Å². The second kappa shape index (κ2) is 8.29. The normalized spacial score (nSPS) is 32.3. The van der Waals surface area contributed by atoms with Crippen molar-refractivity contribution >= 4 is 11.9 Å². The molecule has 0 saturated heterocycles. The molecular formula is C20H24F6O5. The van der Waals surface area contributed by atoms with E-state index in [0.717, 1.165) is 19.3 Å². The maximum absolute atomic E-state index is 12.5. The van der Waals surface area contributed by atoms with E-state index >= 15 is 0 Å². The molecule has 0 radical (unpaired) electrons. The molecule has 31 heavy (non-hydrogen) atoms. The maximum atomic E-state index is 12.5. The molecule has 0 aliphatic heterocycles. The molecule has 0 aromatic heterocycles. The first-order chi connectivity index (χ1) is 14.2. The average Bonchev–Trinajstić information content (AvgIpc) is 2.56. The first-order valence-corrected chi connectivity index (χ1v) is 10.0. The minimum atomic E-state index is -5.78. The molecule has 11 heteroatoms. The van der Waals surface area contributed by atoms with Crippen LogP contribution in [0, 0.1) is 23.7 Å². The summed E-state index contributed by atoms with van der Waals surface area (Å²) in [5.74, 6) is -6.54. The van der Waals surface area contributed by atoms with Crippen LogP contribution in [-0.2, 0) is 23.8 Å². The smallest absolute Gasteiger partial charge is 0.411 e. The lowest BCUT2D eigenvalue weighted by atomic mass is 9.53. The summed E-state index contributed by atoms with van der Waals surface area (Å²) in [5.41, 5.74) is -0.271. The molecule has 0 N–H and O–H groups in total. The topological polar surface area (TPSA) is 61.8 Å². The van der Waals surface area contributed by atoms with Gasteiger partial charge in [0.1, 0.15) is 12.2 Å². The van der Waals surface area contributed by atoms with Crippen molar-refractivity contribution in [3.05, 3.63) is 12.2 Å². The number of hydrogen-bond donors (Lipinski definition) is 0. The van der Waals surface area contributed by atoms with Crippen molar-refractivity contribution in [1.82, 2.24) is 0 Å². The predicted molar refractivity (Wildman–Crippen MR) is 93.5 cm³/mol. The van der Waals surface area contributed by atoms with Gasteiger partial charge < -0.3 is 14.2 Å². The zero-order valence-electron chi connectivity index (χ0n) is 16.9. The van der Waals surface area contributed by atoms with Gasteiger partial charge in [-0.2, -0.15) is 26.3 Å². The molecule has 0 spiro atoms. The van der Waals surface area contributed by atoms with Gasteiger partial charge in [0.25, 0.3) is 0 Å². The highest BCUT2D eigenvalue weighted by Gasteiger charge is 2.62. The molecule has 4 saturated carbocycles.